The fraction of sp³-hybridized carbons (Fsp3) is 0.619. The Kier molecular flexibility index (Phi) is 5.74. The van der Waals surface area contributed by atoms with Crippen molar-refractivity contribution in [2.45, 2.75) is 44.1 Å². The van der Waals surface area contributed by atoms with E-state index in [0.717, 1.165) is 57.6 Å². The van der Waals surface area contributed by atoms with Gasteiger partial charge in [-0.2, -0.15) is 0 Å². The molecule has 3 aliphatic rings. The highest BCUT2D eigenvalue weighted by molar-refractivity contribution is 5.97. The predicted molar refractivity (Wildman–Crippen MR) is 104 cm³/mol. The standard InChI is InChI=1S/C21H29N3O3/c25-20-8-3-10-23(20)11-9-16-15-24(19-7-2-1-6-18(16)19)21(26)14-22-13-17-5-4-12-27-17/h1-2,6-7,16-17,22H,3-5,8-15H2/t16-,17+/m0/s1. The topological polar surface area (TPSA) is 61.9 Å². The van der Waals surface area contributed by atoms with Gasteiger partial charge in [-0.1, -0.05) is 18.2 Å². The number of likely N-dealkylation sites (tertiary alicyclic amines) is 1. The Labute approximate surface area is 160 Å². The van der Waals surface area contributed by atoms with E-state index >= 15 is 0 Å². The first-order valence-electron chi connectivity index (χ1n) is 10.2. The van der Waals surface area contributed by atoms with Crippen molar-refractivity contribution in [3.8, 4) is 0 Å². The molecule has 4 rings (SSSR count). The number of amides is 2. The molecule has 0 spiro atoms. The quantitative estimate of drug-likeness (QED) is 0.795. The van der Waals surface area contributed by atoms with E-state index in [0.29, 0.717) is 25.4 Å². The van der Waals surface area contributed by atoms with Crippen molar-refractivity contribution in [2.75, 3.05) is 44.2 Å². The molecule has 6 nitrogen and oxygen atoms in total. The summed E-state index contributed by atoms with van der Waals surface area (Å²) in [6.07, 6.45) is 5.00. The molecule has 2 saturated heterocycles. The summed E-state index contributed by atoms with van der Waals surface area (Å²) < 4.78 is 5.60. The molecule has 0 radical (unpaired) electrons. The molecule has 1 aromatic rings. The van der Waals surface area contributed by atoms with Gasteiger partial charge in [0.2, 0.25) is 11.8 Å². The van der Waals surface area contributed by atoms with Crippen LogP contribution in [0.1, 0.15) is 43.6 Å². The molecule has 2 atom stereocenters. The second-order valence-corrected chi connectivity index (χ2v) is 7.80. The van der Waals surface area contributed by atoms with Crippen LogP contribution < -0.4 is 10.2 Å². The maximum Gasteiger partial charge on any atom is 0.240 e. The van der Waals surface area contributed by atoms with Gasteiger partial charge in [-0.15, -0.1) is 0 Å². The molecule has 0 saturated carbocycles. The van der Waals surface area contributed by atoms with Crippen LogP contribution in [0, 0.1) is 0 Å². The van der Waals surface area contributed by atoms with Gasteiger partial charge >= 0.3 is 0 Å². The fourth-order valence-corrected chi connectivity index (χ4v) is 4.47. The lowest BCUT2D eigenvalue weighted by molar-refractivity contribution is -0.127. The molecule has 2 fully saturated rings. The number of rotatable bonds is 7. The largest absolute Gasteiger partial charge is 0.377 e. The van der Waals surface area contributed by atoms with Crippen LogP contribution in [0.3, 0.4) is 0 Å². The molecule has 0 aromatic heterocycles. The Hall–Kier alpha value is -1.92. The van der Waals surface area contributed by atoms with Crippen LogP contribution >= 0.6 is 0 Å². The molecule has 146 valence electrons. The maximum atomic E-state index is 12.8. The number of carbonyl (C=O) groups is 2. The molecule has 3 aliphatic heterocycles. The molecule has 2 amide bonds. The minimum Gasteiger partial charge on any atom is -0.377 e. The molecular formula is C21H29N3O3. The van der Waals surface area contributed by atoms with E-state index in [1.54, 1.807) is 0 Å². The van der Waals surface area contributed by atoms with Crippen molar-refractivity contribution in [1.29, 1.82) is 0 Å². The number of carbonyl (C=O) groups excluding carboxylic acids is 2. The molecule has 0 bridgehead atoms. The number of anilines is 1. The first-order valence-corrected chi connectivity index (χ1v) is 10.2. The van der Waals surface area contributed by atoms with Crippen LogP contribution in [0.4, 0.5) is 5.69 Å². The number of benzene rings is 1. The van der Waals surface area contributed by atoms with Crippen molar-refractivity contribution >= 4 is 17.5 Å². The summed E-state index contributed by atoms with van der Waals surface area (Å²) in [7, 11) is 0. The van der Waals surface area contributed by atoms with Gasteiger partial charge in [0.25, 0.3) is 0 Å². The van der Waals surface area contributed by atoms with Gasteiger partial charge in [0.05, 0.1) is 12.6 Å². The molecule has 0 aliphatic carbocycles. The Balaban J connectivity index is 1.34. The maximum absolute atomic E-state index is 12.8. The second-order valence-electron chi connectivity index (χ2n) is 7.80. The summed E-state index contributed by atoms with van der Waals surface area (Å²) in [4.78, 5) is 28.5. The number of fused-ring (bicyclic) bond motifs is 1. The van der Waals surface area contributed by atoms with Crippen LogP contribution in [0.25, 0.3) is 0 Å². The number of para-hydroxylation sites is 1. The van der Waals surface area contributed by atoms with E-state index in [4.69, 9.17) is 4.74 Å². The molecule has 27 heavy (non-hydrogen) atoms. The summed E-state index contributed by atoms with van der Waals surface area (Å²) in [6.45, 7) is 4.29. The predicted octanol–water partition coefficient (Wildman–Crippen LogP) is 1.90. The highest BCUT2D eigenvalue weighted by atomic mass is 16.5. The summed E-state index contributed by atoms with van der Waals surface area (Å²) in [5.41, 5.74) is 2.26. The Morgan fingerprint density at radius 2 is 2.15 bits per heavy atom. The molecule has 6 heteroatoms. The van der Waals surface area contributed by atoms with Crippen molar-refractivity contribution in [3.63, 3.8) is 0 Å². The lowest BCUT2D eigenvalue weighted by Gasteiger charge is -2.20. The lowest BCUT2D eigenvalue weighted by Crippen LogP contribution is -2.40. The zero-order valence-corrected chi connectivity index (χ0v) is 15.9. The van der Waals surface area contributed by atoms with Gasteiger partial charge in [0, 0.05) is 50.8 Å². The Bertz CT molecular complexity index is 687. The normalized spacial score (nSPS) is 24.7. The van der Waals surface area contributed by atoms with Gasteiger partial charge in [-0.25, -0.2) is 0 Å². The van der Waals surface area contributed by atoms with E-state index < -0.39 is 0 Å². The smallest absolute Gasteiger partial charge is 0.240 e. The third-order valence-electron chi connectivity index (χ3n) is 5.96. The first kappa shape index (κ1) is 18.4. The number of hydrogen-bond acceptors (Lipinski definition) is 4. The average molecular weight is 371 g/mol. The van der Waals surface area contributed by atoms with Gasteiger partial charge in [-0.05, 0) is 37.3 Å². The highest BCUT2D eigenvalue weighted by Gasteiger charge is 2.32. The van der Waals surface area contributed by atoms with Crippen molar-refractivity contribution in [1.82, 2.24) is 10.2 Å². The van der Waals surface area contributed by atoms with Crippen molar-refractivity contribution in [3.05, 3.63) is 29.8 Å². The monoisotopic (exact) mass is 371 g/mol. The summed E-state index contributed by atoms with van der Waals surface area (Å²) in [5.74, 6) is 0.685. The lowest BCUT2D eigenvalue weighted by atomic mass is 9.98. The molecular weight excluding hydrogens is 342 g/mol. The molecule has 0 unspecified atom stereocenters. The first-order chi connectivity index (χ1) is 13.2. The molecule has 3 heterocycles. The van der Waals surface area contributed by atoms with Gasteiger partial charge in [0.15, 0.2) is 0 Å². The number of nitrogens with zero attached hydrogens (tertiary/aromatic N) is 2. The third kappa shape index (κ3) is 4.17. The number of nitrogens with one attached hydrogen (secondary N) is 1. The van der Waals surface area contributed by atoms with Crippen molar-refractivity contribution < 1.29 is 14.3 Å². The van der Waals surface area contributed by atoms with Crippen LogP contribution in [-0.4, -0.2) is 62.1 Å². The SMILES string of the molecule is O=C1CCCN1CC[C@H]1CN(C(=O)CNC[C@H]2CCCO2)c2ccccc21. The second kappa shape index (κ2) is 8.40. The highest BCUT2D eigenvalue weighted by Crippen LogP contribution is 2.38. The van der Waals surface area contributed by atoms with E-state index in [9.17, 15) is 9.59 Å². The Morgan fingerprint density at radius 3 is 2.93 bits per heavy atom. The molecule has 1 aromatic carbocycles. The third-order valence-corrected chi connectivity index (χ3v) is 5.96. The minimum absolute atomic E-state index is 0.111. The van der Waals surface area contributed by atoms with Gasteiger partial charge in [-0.3, -0.25) is 9.59 Å². The van der Waals surface area contributed by atoms with Gasteiger partial charge in [0.1, 0.15) is 0 Å². The zero-order chi connectivity index (χ0) is 18.6. The summed E-state index contributed by atoms with van der Waals surface area (Å²) >= 11 is 0. The summed E-state index contributed by atoms with van der Waals surface area (Å²) in [5, 5.41) is 3.26. The number of ether oxygens (including phenoxy) is 1. The van der Waals surface area contributed by atoms with Gasteiger partial charge < -0.3 is 19.9 Å². The number of hydrogen-bond donors (Lipinski definition) is 1. The van der Waals surface area contributed by atoms with E-state index in [1.165, 1.54) is 5.56 Å². The Morgan fingerprint density at radius 1 is 1.26 bits per heavy atom. The molecule has 1 N–H and O–H groups in total. The van der Waals surface area contributed by atoms with Crippen LogP contribution in [-0.2, 0) is 14.3 Å². The van der Waals surface area contributed by atoms with Crippen LogP contribution in [0.2, 0.25) is 0 Å². The van der Waals surface area contributed by atoms with E-state index in [1.807, 2.05) is 28.0 Å². The van der Waals surface area contributed by atoms with E-state index in [2.05, 4.69) is 11.4 Å². The fourth-order valence-electron chi connectivity index (χ4n) is 4.47. The van der Waals surface area contributed by atoms with Crippen molar-refractivity contribution in [2.24, 2.45) is 0 Å². The average Bonchev–Trinajstić information content (AvgIpc) is 3.40. The minimum atomic E-state index is 0.111. The van der Waals surface area contributed by atoms with Crippen LogP contribution in [0.5, 0.6) is 0 Å². The zero-order valence-electron chi connectivity index (χ0n) is 15.9. The van der Waals surface area contributed by atoms with Crippen LogP contribution in [0.15, 0.2) is 24.3 Å². The van der Waals surface area contributed by atoms with E-state index in [-0.39, 0.29) is 17.9 Å². The summed E-state index contributed by atoms with van der Waals surface area (Å²) in [6, 6.07) is 8.19.